The quantitative estimate of drug-likeness (QED) is 0.240. The molecule has 152 valence electrons. The summed E-state index contributed by atoms with van der Waals surface area (Å²) in [6, 6.07) is 33.2. The zero-order valence-electron chi connectivity index (χ0n) is 16.9. The number of fused-ring (bicyclic) bond motifs is 1. The summed E-state index contributed by atoms with van der Waals surface area (Å²) in [5.74, 6) is -0.855. The summed E-state index contributed by atoms with van der Waals surface area (Å²) in [4.78, 5) is 25.5. The number of esters is 1. The number of ether oxygens (including phenoxy) is 1. The fourth-order valence-corrected chi connectivity index (χ4v) is 4.87. The highest BCUT2D eigenvalue weighted by molar-refractivity contribution is 5.86. The van der Waals surface area contributed by atoms with Gasteiger partial charge in [-0.2, -0.15) is 0 Å². The van der Waals surface area contributed by atoms with E-state index in [1.807, 2.05) is 103 Å². The Morgan fingerprint density at radius 2 is 1.23 bits per heavy atom. The molecule has 0 bridgehead atoms. The van der Waals surface area contributed by atoms with Crippen LogP contribution in [0.2, 0.25) is 0 Å². The van der Waals surface area contributed by atoms with E-state index < -0.39 is 5.92 Å². The van der Waals surface area contributed by atoms with E-state index in [2.05, 4.69) is 0 Å². The van der Waals surface area contributed by atoms with E-state index >= 15 is 0 Å². The highest BCUT2D eigenvalue weighted by atomic mass is 16.5. The maximum atomic E-state index is 13.4. The van der Waals surface area contributed by atoms with Gasteiger partial charge in [0, 0.05) is 17.8 Å². The normalized spacial score (nSPS) is 22.5. The Morgan fingerprint density at radius 3 is 1.81 bits per heavy atom. The molecule has 1 saturated carbocycles. The third kappa shape index (κ3) is 3.53. The minimum atomic E-state index is -0.425. The van der Waals surface area contributed by atoms with E-state index in [0.29, 0.717) is 5.75 Å². The summed E-state index contributed by atoms with van der Waals surface area (Å²) in [6.07, 6.45) is 0.995. The zero-order chi connectivity index (χ0) is 21.2. The first-order valence-electron chi connectivity index (χ1n) is 10.5. The summed E-state index contributed by atoms with van der Waals surface area (Å²) < 4.78 is 5.87. The Hall–Kier alpha value is -3.72. The second kappa shape index (κ2) is 8.19. The summed E-state index contributed by atoms with van der Waals surface area (Å²) in [6.45, 7) is 0. The number of carbonyl (C=O) groups is 2. The van der Waals surface area contributed by atoms with Crippen LogP contribution in [0, 0.1) is 11.8 Å². The monoisotopic (exact) mass is 406 g/mol. The third-order valence-electron chi connectivity index (χ3n) is 6.34. The van der Waals surface area contributed by atoms with Crippen molar-refractivity contribution in [3.63, 3.8) is 0 Å². The van der Waals surface area contributed by atoms with Crippen LogP contribution in [0.4, 0.5) is 0 Å². The van der Waals surface area contributed by atoms with Crippen LogP contribution in [-0.2, 0) is 9.59 Å². The maximum absolute atomic E-state index is 13.4. The van der Waals surface area contributed by atoms with E-state index in [4.69, 9.17) is 4.74 Å². The third-order valence-corrected chi connectivity index (χ3v) is 6.34. The molecule has 0 saturated heterocycles. The summed E-state index contributed by atoms with van der Waals surface area (Å²) in [7, 11) is 0. The van der Waals surface area contributed by atoms with Gasteiger partial charge in [-0.05, 0) is 34.0 Å². The second-order valence-electron chi connectivity index (χ2n) is 8.04. The lowest BCUT2D eigenvalue weighted by molar-refractivity contribution is -0.148. The molecule has 0 spiro atoms. The van der Waals surface area contributed by atoms with Gasteiger partial charge in [0.2, 0.25) is 0 Å². The molecule has 4 aromatic carbocycles. The molecule has 4 aromatic rings. The summed E-state index contributed by atoms with van der Waals surface area (Å²) >= 11 is 0. The van der Waals surface area contributed by atoms with Crippen LogP contribution in [0.15, 0.2) is 103 Å². The van der Waals surface area contributed by atoms with Crippen LogP contribution in [0.1, 0.15) is 23.0 Å². The Bertz CT molecular complexity index is 1170. The Kier molecular flexibility index (Phi) is 5.09. The summed E-state index contributed by atoms with van der Waals surface area (Å²) in [5.41, 5.74) is 1.99. The fraction of sp³-hybridized carbons (Fsp3) is 0.143. The van der Waals surface area contributed by atoms with Crippen molar-refractivity contribution in [2.45, 2.75) is 11.8 Å². The van der Waals surface area contributed by atoms with Gasteiger partial charge in [0.15, 0.2) is 0 Å². The second-order valence-corrected chi connectivity index (χ2v) is 8.04. The van der Waals surface area contributed by atoms with Gasteiger partial charge in [-0.15, -0.1) is 0 Å². The number of hydrogen-bond acceptors (Lipinski definition) is 3. The number of carbonyl (C=O) groups excluding carboxylic acids is 2. The van der Waals surface area contributed by atoms with Crippen molar-refractivity contribution in [3.8, 4) is 5.75 Å². The fourth-order valence-electron chi connectivity index (χ4n) is 4.87. The van der Waals surface area contributed by atoms with Crippen LogP contribution in [0.25, 0.3) is 10.8 Å². The van der Waals surface area contributed by atoms with Crippen LogP contribution >= 0.6 is 0 Å². The van der Waals surface area contributed by atoms with Gasteiger partial charge in [0.1, 0.15) is 12.0 Å². The molecular formula is C28H22O3. The Balaban J connectivity index is 1.50. The molecule has 0 aliphatic heterocycles. The zero-order valence-corrected chi connectivity index (χ0v) is 16.9. The minimum absolute atomic E-state index is 0.197. The van der Waals surface area contributed by atoms with Gasteiger partial charge in [0.25, 0.3) is 0 Å². The van der Waals surface area contributed by atoms with Crippen LogP contribution < -0.4 is 4.74 Å². The molecule has 1 fully saturated rings. The Morgan fingerprint density at radius 1 is 0.677 bits per heavy atom. The lowest BCUT2D eigenvalue weighted by atomic mass is 9.53. The molecule has 5 rings (SSSR count). The average molecular weight is 406 g/mol. The van der Waals surface area contributed by atoms with Crippen molar-refractivity contribution < 1.29 is 14.3 Å². The lowest BCUT2D eigenvalue weighted by Crippen LogP contribution is -2.49. The van der Waals surface area contributed by atoms with E-state index in [9.17, 15) is 9.59 Å². The molecule has 0 unspecified atom stereocenters. The van der Waals surface area contributed by atoms with Gasteiger partial charge < -0.3 is 9.53 Å². The molecule has 0 N–H and O–H groups in total. The largest absolute Gasteiger partial charge is 0.426 e. The Labute approximate surface area is 181 Å². The van der Waals surface area contributed by atoms with Gasteiger partial charge in [0.05, 0.1) is 5.92 Å². The average Bonchev–Trinajstić information content (AvgIpc) is 2.80. The van der Waals surface area contributed by atoms with Crippen molar-refractivity contribution in [1.29, 1.82) is 0 Å². The molecular weight excluding hydrogens is 384 g/mol. The van der Waals surface area contributed by atoms with Gasteiger partial charge in [-0.3, -0.25) is 4.79 Å². The molecule has 0 amide bonds. The molecule has 31 heavy (non-hydrogen) atoms. The number of benzene rings is 4. The first-order chi connectivity index (χ1) is 15.3. The van der Waals surface area contributed by atoms with Gasteiger partial charge in [-0.25, -0.2) is 0 Å². The van der Waals surface area contributed by atoms with E-state index in [-0.39, 0.29) is 23.7 Å². The first-order valence-corrected chi connectivity index (χ1v) is 10.5. The lowest BCUT2D eigenvalue weighted by Gasteiger charge is -2.48. The van der Waals surface area contributed by atoms with E-state index in [0.717, 1.165) is 28.2 Å². The maximum Gasteiger partial charge on any atom is 0.315 e. The van der Waals surface area contributed by atoms with Crippen molar-refractivity contribution in [2.24, 2.45) is 11.8 Å². The van der Waals surface area contributed by atoms with Crippen molar-refractivity contribution in [3.05, 3.63) is 114 Å². The molecule has 0 radical (unpaired) electrons. The molecule has 0 aromatic heterocycles. The van der Waals surface area contributed by atoms with Gasteiger partial charge in [-0.1, -0.05) is 91.0 Å². The molecule has 3 nitrogen and oxygen atoms in total. The van der Waals surface area contributed by atoms with E-state index in [1.54, 1.807) is 0 Å². The smallest absolute Gasteiger partial charge is 0.315 e. The van der Waals surface area contributed by atoms with Crippen molar-refractivity contribution in [2.75, 3.05) is 0 Å². The number of hydrogen-bond donors (Lipinski definition) is 0. The van der Waals surface area contributed by atoms with Crippen LogP contribution in [0.5, 0.6) is 5.75 Å². The minimum Gasteiger partial charge on any atom is -0.426 e. The highest BCUT2D eigenvalue weighted by Crippen LogP contribution is 2.57. The van der Waals surface area contributed by atoms with Crippen LogP contribution in [-0.4, -0.2) is 12.3 Å². The predicted octanol–water partition coefficient (Wildman–Crippen LogP) is 5.76. The predicted molar refractivity (Wildman–Crippen MR) is 121 cm³/mol. The SMILES string of the molecule is O=CC1[C@H](c2ccccc2)C(C(=O)Oc2ccc3ccccc3c2)[C@H]1c1ccccc1. The standard InChI is InChI=1S/C28H22O3/c29-18-24-25(20-10-3-1-4-11-20)27(26(24)21-12-5-2-6-13-21)28(30)31-23-16-15-19-9-7-8-14-22(19)17-23/h1-18,24-27H/t24?,25-,26-,27?/m0/s1. The topological polar surface area (TPSA) is 43.4 Å². The van der Waals surface area contributed by atoms with Crippen molar-refractivity contribution >= 4 is 23.0 Å². The molecule has 2 atom stereocenters. The molecule has 1 aliphatic carbocycles. The molecule has 3 heteroatoms. The number of aldehydes is 1. The van der Waals surface area contributed by atoms with Crippen molar-refractivity contribution in [1.82, 2.24) is 0 Å². The molecule has 0 heterocycles. The summed E-state index contributed by atoms with van der Waals surface area (Å²) in [5, 5.41) is 2.11. The van der Waals surface area contributed by atoms with Gasteiger partial charge >= 0.3 is 5.97 Å². The number of rotatable bonds is 5. The van der Waals surface area contributed by atoms with E-state index in [1.165, 1.54) is 0 Å². The highest BCUT2D eigenvalue weighted by Gasteiger charge is 2.55. The molecule has 1 aliphatic rings. The van der Waals surface area contributed by atoms with Crippen LogP contribution in [0.3, 0.4) is 0 Å². The first kappa shape index (κ1) is 19.3.